The molecule has 0 unspecified atom stereocenters. The van der Waals surface area contributed by atoms with E-state index in [0.29, 0.717) is 28.9 Å². The van der Waals surface area contributed by atoms with Gasteiger partial charge in [-0.2, -0.15) is 11.8 Å². The molecule has 8 heteroatoms. The summed E-state index contributed by atoms with van der Waals surface area (Å²) >= 11 is 1.62. The predicted molar refractivity (Wildman–Crippen MR) is 104 cm³/mol. The quantitative estimate of drug-likeness (QED) is 0.771. The van der Waals surface area contributed by atoms with Crippen molar-refractivity contribution in [1.29, 1.82) is 0 Å². The Kier molecular flexibility index (Phi) is 7.28. The van der Waals surface area contributed by atoms with Crippen LogP contribution in [0, 0.1) is 0 Å². The highest BCUT2D eigenvalue weighted by molar-refractivity contribution is 7.98. The third-order valence-electron chi connectivity index (χ3n) is 4.18. The van der Waals surface area contributed by atoms with Crippen LogP contribution in [0.15, 0.2) is 29.1 Å². The van der Waals surface area contributed by atoms with Crippen LogP contribution in [0.2, 0.25) is 0 Å². The molecule has 1 amide bonds. The molecule has 0 saturated carbocycles. The highest BCUT2D eigenvalue weighted by Gasteiger charge is 2.22. The molecule has 2 N–H and O–H groups in total. The van der Waals surface area contributed by atoms with Gasteiger partial charge in [0.1, 0.15) is 5.82 Å². The Morgan fingerprint density at radius 1 is 1.40 bits per heavy atom. The van der Waals surface area contributed by atoms with Gasteiger partial charge in [0.25, 0.3) is 5.56 Å². The summed E-state index contributed by atoms with van der Waals surface area (Å²) in [6, 6.07) is 7.57. The first-order valence-corrected chi connectivity index (χ1v) is 9.36. The van der Waals surface area contributed by atoms with Crippen molar-refractivity contribution in [3.05, 3.63) is 40.4 Å². The van der Waals surface area contributed by atoms with Gasteiger partial charge in [0.2, 0.25) is 5.91 Å². The second-order valence-corrected chi connectivity index (χ2v) is 7.08. The van der Waals surface area contributed by atoms with Crippen molar-refractivity contribution in [2.45, 2.75) is 25.1 Å². The Morgan fingerprint density at radius 2 is 2.20 bits per heavy atom. The lowest BCUT2D eigenvalue weighted by molar-refractivity contribution is -0.133. The van der Waals surface area contributed by atoms with Gasteiger partial charge in [0, 0.05) is 37.8 Å². The molecular weight excluding hydrogens is 360 g/mol. The minimum Gasteiger partial charge on any atom is -0.337 e. The highest BCUT2D eigenvalue weighted by atomic mass is 35.5. The fraction of sp³-hybridized carbons (Fsp3) is 0.471. The zero-order valence-corrected chi connectivity index (χ0v) is 15.8. The van der Waals surface area contributed by atoms with Crippen LogP contribution in [0.25, 0.3) is 10.9 Å². The summed E-state index contributed by atoms with van der Waals surface area (Å²) in [5.41, 5.74) is 0.601. The molecule has 0 aliphatic carbocycles. The molecule has 6 nitrogen and oxygen atoms in total. The van der Waals surface area contributed by atoms with E-state index in [9.17, 15) is 9.59 Å². The van der Waals surface area contributed by atoms with Crippen molar-refractivity contribution >= 4 is 41.0 Å². The van der Waals surface area contributed by atoms with Crippen molar-refractivity contribution in [3.8, 4) is 0 Å². The number of aromatic nitrogens is 2. The van der Waals surface area contributed by atoms with Crippen LogP contribution >= 0.6 is 24.2 Å². The highest BCUT2D eigenvalue weighted by Crippen LogP contribution is 2.13. The number of benzene rings is 1. The van der Waals surface area contributed by atoms with Crippen molar-refractivity contribution < 1.29 is 4.79 Å². The van der Waals surface area contributed by atoms with Gasteiger partial charge in [-0.25, -0.2) is 4.98 Å². The number of carbonyl (C=O) groups is 1. The Labute approximate surface area is 157 Å². The molecule has 1 atom stereocenters. The molecule has 0 bridgehead atoms. The number of para-hydroxylation sites is 1. The lowest BCUT2D eigenvalue weighted by atomic mass is 10.2. The summed E-state index contributed by atoms with van der Waals surface area (Å²) in [5.74, 6) is 2.19. The first-order valence-electron chi connectivity index (χ1n) is 8.21. The van der Waals surface area contributed by atoms with Crippen LogP contribution in [-0.2, 0) is 10.5 Å². The maximum atomic E-state index is 12.3. The summed E-state index contributed by atoms with van der Waals surface area (Å²) in [6.07, 6.45) is 0.521. The number of amides is 1. The van der Waals surface area contributed by atoms with Gasteiger partial charge in [-0.15, -0.1) is 12.4 Å². The lowest BCUT2D eigenvalue weighted by Crippen LogP contribution is -2.52. The number of thioether (sulfide) groups is 1. The van der Waals surface area contributed by atoms with Gasteiger partial charge in [-0.05, 0) is 19.1 Å². The topological polar surface area (TPSA) is 78.1 Å². The first kappa shape index (κ1) is 19.8. The van der Waals surface area contributed by atoms with Crippen LogP contribution in [0.4, 0.5) is 0 Å². The summed E-state index contributed by atoms with van der Waals surface area (Å²) in [5, 5.41) is 3.89. The Morgan fingerprint density at radius 3 is 3.00 bits per heavy atom. The van der Waals surface area contributed by atoms with Crippen molar-refractivity contribution in [3.63, 3.8) is 0 Å². The number of hydrogen-bond donors (Lipinski definition) is 2. The van der Waals surface area contributed by atoms with E-state index in [1.54, 1.807) is 17.8 Å². The smallest absolute Gasteiger partial charge is 0.258 e. The molecule has 1 aromatic heterocycles. The maximum absolute atomic E-state index is 12.3. The number of nitrogens with zero attached hydrogens (tertiary/aromatic N) is 2. The number of halogens is 1. The van der Waals surface area contributed by atoms with Gasteiger partial charge >= 0.3 is 0 Å². The normalized spacial score (nSPS) is 17.3. The third kappa shape index (κ3) is 4.96. The molecule has 136 valence electrons. The fourth-order valence-electron chi connectivity index (χ4n) is 2.89. The molecule has 3 rings (SSSR count). The van der Waals surface area contributed by atoms with Gasteiger partial charge < -0.3 is 15.2 Å². The maximum Gasteiger partial charge on any atom is 0.258 e. The zero-order chi connectivity index (χ0) is 16.9. The van der Waals surface area contributed by atoms with E-state index >= 15 is 0 Å². The predicted octanol–water partition coefficient (Wildman–Crippen LogP) is 1.79. The Bertz CT molecular complexity index is 783. The molecule has 25 heavy (non-hydrogen) atoms. The van der Waals surface area contributed by atoms with Gasteiger partial charge in [0.15, 0.2) is 0 Å². The minimum absolute atomic E-state index is 0. The van der Waals surface area contributed by atoms with E-state index < -0.39 is 0 Å². The summed E-state index contributed by atoms with van der Waals surface area (Å²) in [7, 11) is 0. The third-order valence-corrected chi connectivity index (χ3v) is 5.15. The standard InChI is InChI=1S/C17H22N4O2S.ClH/c1-12-10-18-7-8-21(12)16(22)6-9-24-11-15-19-14-5-3-2-4-13(14)17(23)20-15;/h2-5,12,18H,6-11H2,1H3,(H,19,20,23);1H/t12-;/m0./s1. The van der Waals surface area contributed by atoms with Gasteiger partial charge in [0.05, 0.1) is 16.7 Å². The Balaban J connectivity index is 0.00000225. The molecule has 1 aromatic carbocycles. The number of fused-ring (bicyclic) bond motifs is 1. The lowest BCUT2D eigenvalue weighted by Gasteiger charge is -2.34. The van der Waals surface area contributed by atoms with Crippen molar-refractivity contribution in [2.75, 3.05) is 25.4 Å². The molecule has 0 radical (unpaired) electrons. The van der Waals surface area contributed by atoms with Gasteiger partial charge in [-0.1, -0.05) is 12.1 Å². The van der Waals surface area contributed by atoms with Crippen molar-refractivity contribution in [1.82, 2.24) is 20.2 Å². The Hall–Kier alpha value is -1.57. The van der Waals surface area contributed by atoms with Crippen LogP contribution in [-0.4, -0.2) is 52.2 Å². The fourth-order valence-corrected chi connectivity index (χ4v) is 3.68. The van der Waals surface area contributed by atoms with E-state index in [1.807, 2.05) is 23.1 Å². The average molecular weight is 383 g/mol. The van der Waals surface area contributed by atoms with E-state index in [-0.39, 0.29) is 29.9 Å². The zero-order valence-electron chi connectivity index (χ0n) is 14.2. The molecular formula is C17H23ClN4O2S. The summed E-state index contributed by atoms with van der Waals surface area (Å²) in [6.45, 7) is 4.58. The average Bonchev–Trinajstić information content (AvgIpc) is 2.59. The minimum atomic E-state index is -0.109. The number of piperazine rings is 1. The second-order valence-electron chi connectivity index (χ2n) is 5.97. The van der Waals surface area contributed by atoms with Crippen LogP contribution in [0.3, 0.4) is 0 Å². The molecule has 1 fully saturated rings. The van der Waals surface area contributed by atoms with Crippen molar-refractivity contribution in [2.24, 2.45) is 0 Å². The largest absolute Gasteiger partial charge is 0.337 e. The summed E-state index contributed by atoms with van der Waals surface area (Å²) < 4.78 is 0. The second kappa shape index (κ2) is 9.22. The van der Waals surface area contributed by atoms with E-state index in [1.165, 1.54) is 0 Å². The summed E-state index contributed by atoms with van der Waals surface area (Å²) in [4.78, 5) is 33.5. The molecule has 1 aliphatic heterocycles. The SMILES string of the molecule is C[C@H]1CNCCN1C(=O)CCSCc1nc2ccccc2c(=O)[nH]1.Cl. The van der Waals surface area contributed by atoms with Crippen LogP contribution in [0.1, 0.15) is 19.2 Å². The number of H-pyrrole nitrogens is 1. The molecule has 2 heterocycles. The molecule has 1 aliphatic rings. The van der Waals surface area contributed by atoms with Crippen LogP contribution < -0.4 is 10.9 Å². The number of aromatic amines is 1. The molecule has 2 aromatic rings. The number of nitrogens with one attached hydrogen (secondary N) is 2. The van der Waals surface area contributed by atoms with Gasteiger partial charge in [-0.3, -0.25) is 9.59 Å². The number of carbonyl (C=O) groups excluding carboxylic acids is 1. The number of hydrogen-bond acceptors (Lipinski definition) is 5. The molecule has 0 spiro atoms. The van der Waals surface area contributed by atoms with Crippen LogP contribution in [0.5, 0.6) is 0 Å². The van der Waals surface area contributed by atoms with E-state index in [2.05, 4.69) is 22.2 Å². The molecule has 1 saturated heterocycles. The van der Waals surface area contributed by atoms with E-state index in [0.717, 1.165) is 25.4 Å². The van der Waals surface area contributed by atoms with E-state index in [4.69, 9.17) is 0 Å². The number of rotatable bonds is 5. The first-order chi connectivity index (χ1) is 11.6. The monoisotopic (exact) mass is 382 g/mol.